The van der Waals surface area contributed by atoms with Crippen molar-refractivity contribution in [3.8, 4) is 11.5 Å². The van der Waals surface area contributed by atoms with Gasteiger partial charge in [-0.15, -0.1) is 0 Å². The molecule has 1 N–H and O–H groups in total. The van der Waals surface area contributed by atoms with E-state index in [1.165, 1.54) is 0 Å². The molecule has 1 aliphatic heterocycles. The van der Waals surface area contributed by atoms with Crippen LogP contribution in [0.3, 0.4) is 0 Å². The molecule has 6 nitrogen and oxygen atoms in total. The van der Waals surface area contributed by atoms with Gasteiger partial charge in [-0.2, -0.15) is 5.10 Å². The SMILES string of the molecule is CC1(C)CC(=O)C/C(=N/NC(=O)[C@@H]2COc3ccccc3O2)C1. The molecule has 0 unspecified atom stereocenters. The number of hydrogen-bond acceptors (Lipinski definition) is 5. The normalized spacial score (nSPS) is 24.3. The molecule has 2 aliphatic rings. The second-order valence-corrected chi connectivity index (χ2v) is 6.75. The zero-order valence-electron chi connectivity index (χ0n) is 13.3. The first kappa shape index (κ1) is 15.5. The zero-order chi connectivity index (χ0) is 16.4. The van der Waals surface area contributed by atoms with Gasteiger partial charge in [-0.25, -0.2) is 5.43 Å². The van der Waals surface area contributed by atoms with Crippen LogP contribution in [-0.4, -0.2) is 30.1 Å². The summed E-state index contributed by atoms with van der Waals surface area (Å²) >= 11 is 0. The molecule has 1 aromatic carbocycles. The number of carbonyl (C=O) groups is 2. The highest BCUT2D eigenvalue weighted by Crippen LogP contribution is 2.32. The number of ketones is 1. The molecule has 0 aromatic heterocycles. The third-order valence-electron chi connectivity index (χ3n) is 3.88. The Bertz CT molecular complexity index is 666. The maximum absolute atomic E-state index is 12.2. The Morgan fingerprint density at radius 1 is 1.26 bits per heavy atom. The standard InChI is InChI=1S/C17H20N2O4/c1-17(2)8-11(7-12(20)9-17)18-19-16(21)15-10-22-13-5-3-4-6-14(13)23-15/h3-6,15H,7-10H2,1-2H3,(H,19,21)/b18-11-/t15-/m0/s1. The van der Waals surface area contributed by atoms with Crippen molar-refractivity contribution in [2.75, 3.05) is 6.61 Å². The number of hydrogen-bond donors (Lipinski definition) is 1. The van der Waals surface area contributed by atoms with Gasteiger partial charge in [0.2, 0.25) is 6.10 Å². The highest BCUT2D eigenvalue weighted by Gasteiger charge is 2.31. The van der Waals surface area contributed by atoms with Gasteiger partial charge in [-0.1, -0.05) is 26.0 Å². The Kier molecular flexibility index (Phi) is 4.07. The van der Waals surface area contributed by atoms with Gasteiger partial charge in [0.25, 0.3) is 5.91 Å². The van der Waals surface area contributed by atoms with Crippen LogP contribution >= 0.6 is 0 Å². The first-order valence-corrected chi connectivity index (χ1v) is 7.68. The Labute approximate surface area is 134 Å². The summed E-state index contributed by atoms with van der Waals surface area (Å²) in [6.45, 7) is 4.19. The fourth-order valence-corrected chi connectivity index (χ4v) is 2.94. The second-order valence-electron chi connectivity index (χ2n) is 6.75. The van der Waals surface area contributed by atoms with Gasteiger partial charge in [0.1, 0.15) is 12.4 Å². The van der Waals surface area contributed by atoms with Crippen LogP contribution in [0.1, 0.15) is 33.1 Å². The van der Waals surface area contributed by atoms with Crippen molar-refractivity contribution in [1.82, 2.24) is 5.43 Å². The largest absolute Gasteiger partial charge is 0.485 e. The van der Waals surface area contributed by atoms with Gasteiger partial charge >= 0.3 is 0 Å². The number of fused-ring (bicyclic) bond motifs is 1. The summed E-state index contributed by atoms with van der Waals surface area (Å²) in [5.41, 5.74) is 3.10. The van der Waals surface area contributed by atoms with Crippen LogP contribution < -0.4 is 14.9 Å². The number of Topliss-reactive ketones (excluding diaryl/α,β-unsaturated/α-hetero) is 1. The molecule has 0 saturated heterocycles. The van der Waals surface area contributed by atoms with E-state index >= 15 is 0 Å². The van der Waals surface area contributed by atoms with Crippen molar-refractivity contribution in [2.24, 2.45) is 10.5 Å². The van der Waals surface area contributed by atoms with Crippen LogP contribution in [0.15, 0.2) is 29.4 Å². The zero-order valence-corrected chi connectivity index (χ0v) is 13.3. The first-order chi connectivity index (χ1) is 10.9. The lowest BCUT2D eigenvalue weighted by atomic mass is 9.76. The number of nitrogens with zero attached hydrogens (tertiary/aromatic N) is 1. The maximum Gasteiger partial charge on any atom is 0.284 e. The average molecular weight is 316 g/mol. The highest BCUT2D eigenvalue weighted by molar-refractivity contribution is 6.05. The topological polar surface area (TPSA) is 77.0 Å². The van der Waals surface area contributed by atoms with E-state index in [1.54, 1.807) is 12.1 Å². The summed E-state index contributed by atoms with van der Waals surface area (Å²) < 4.78 is 11.1. The molecule has 1 aliphatic carbocycles. The third-order valence-corrected chi connectivity index (χ3v) is 3.88. The van der Waals surface area contributed by atoms with Gasteiger partial charge < -0.3 is 9.47 Å². The molecule has 122 valence electrons. The lowest BCUT2D eigenvalue weighted by molar-refractivity contribution is -0.130. The molecule has 0 bridgehead atoms. The number of rotatable bonds is 2. The van der Waals surface area contributed by atoms with Gasteiger partial charge in [0.15, 0.2) is 11.5 Å². The van der Waals surface area contributed by atoms with Gasteiger partial charge in [0.05, 0.1) is 0 Å². The van der Waals surface area contributed by atoms with Crippen LogP contribution in [0.5, 0.6) is 11.5 Å². The van der Waals surface area contributed by atoms with Crippen LogP contribution in [0.25, 0.3) is 0 Å². The van der Waals surface area contributed by atoms with Gasteiger partial charge in [-0.05, 0) is 24.0 Å². The Hall–Kier alpha value is -2.37. The smallest absolute Gasteiger partial charge is 0.284 e. The molecule has 6 heteroatoms. The Morgan fingerprint density at radius 2 is 2.00 bits per heavy atom. The minimum atomic E-state index is -0.749. The van der Waals surface area contributed by atoms with E-state index in [2.05, 4.69) is 10.5 Å². The van der Waals surface area contributed by atoms with Crippen molar-refractivity contribution >= 4 is 17.4 Å². The molecule has 3 rings (SSSR count). The molecule has 1 heterocycles. The molecule has 23 heavy (non-hydrogen) atoms. The molecule has 1 fully saturated rings. The summed E-state index contributed by atoms with van der Waals surface area (Å²) in [6, 6.07) is 7.21. The fourth-order valence-electron chi connectivity index (χ4n) is 2.94. The molecule has 1 saturated carbocycles. The molecule has 0 radical (unpaired) electrons. The number of hydrazone groups is 1. The van der Waals surface area contributed by atoms with Crippen LogP contribution in [0, 0.1) is 5.41 Å². The number of benzene rings is 1. The van der Waals surface area contributed by atoms with Gasteiger partial charge in [-0.3, -0.25) is 9.59 Å². The lowest BCUT2D eigenvalue weighted by Crippen LogP contribution is -2.43. The number of ether oxygens (including phenoxy) is 2. The Morgan fingerprint density at radius 3 is 2.74 bits per heavy atom. The van der Waals surface area contributed by atoms with Crippen LogP contribution in [0.2, 0.25) is 0 Å². The van der Waals surface area contributed by atoms with Crippen LogP contribution in [-0.2, 0) is 9.59 Å². The molecule has 1 aromatic rings. The number of para-hydroxylation sites is 2. The van der Waals surface area contributed by atoms with E-state index < -0.39 is 6.10 Å². The predicted octanol–water partition coefficient (Wildman–Crippen LogP) is 2.08. The number of carbonyl (C=O) groups excluding carboxylic acids is 2. The van der Waals surface area contributed by atoms with Crippen LogP contribution in [0.4, 0.5) is 0 Å². The van der Waals surface area contributed by atoms with Gasteiger partial charge in [0, 0.05) is 18.6 Å². The third kappa shape index (κ3) is 3.70. The molecule has 1 amide bonds. The number of amides is 1. The molecule has 1 atom stereocenters. The molecular formula is C17H20N2O4. The van der Waals surface area contributed by atoms with Crippen molar-refractivity contribution in [3.05, 3.63) is 24.3 Å². The van der Waals surface area contributed by atoms with Crippen molar-refractivity contribution in [3.63, 3.8) is 0 Å². The van der Waals surface area contributed by atoms with Crippen molar-refractivity contribution < 1.29 is 19.1 Å². The summed E-state index contributed by atoms with van der Waals surface area (Å²) in [7, 11) is 0. The van der Waals surface area contributed by atoms with E-state index in [0.717, 1.165) is 0 Å². The maximum atomic E-state index is 12.2. The summed E-state index contributed by atoms with van der Waals surface area (Å²) in [5.74, 6) is 0.950. The van der Waals surface area contributed by atoms with E-state index in [4.69, 9.17) is 9.47 Å². The monoisotopic (exact) mass is 316 g/mol. The van der Waals surface area contributed by atoms with E-state index in [1.807, 2.05) is 26.0 Å². The molecular weight excluding hydrogens is 296 g/mol. The Balaban J connectivity index is 1.62. The number of nitrogens with one attached hydrogen (secondary N) is 1. The van der Waals surface area contributed by atoms with E-state index in [9.17, 15) is 9.59 Å². The predicted molar refractivity (Wildman–Crippen MR) is 84.6 cm³/mol. The minimum Gasteiger partial charge on any atom is -0.485 e. The second kappa shape index (κ2) is 6.02. The lowest BCUT2D eigenvalue weighted by Gasteiger charge is -2.29. The first-order valence-electron chi connectivity index (χ1n) is 7.68. The van der Waals surface area contributed by atoms with Crippen molar-refractivity contribution in [1.29, 1.82) is 0 Å². The van der Waals surface area contributed by atoms with E-state index in [0.29, 0.717) is 36.5 Å². The quantitative estimate of drug-likeness (QED) is 0.848. The summed E-state index contributed by atoms with van der Waals surface area (Å²) in [5, 5.41) is 4.12. The minimum absolute atomic E-state index is 0.109. The summed E-state index contributed by atoms with van der Waals surface area (Å²) in [4.78, 5) is 23.9. The fraction of sp³-hybridized carbons (Fsp3) is 0.471. The summed E-state index contributed by atoms with van der Waals surface area (Å²) in [6.07, 6.45) is 0.802. The van der Waals surface area contributed by atoms with E-state index in [-0.39, 0.29) is 23.7 Å². The van der Waals surface area contributed by atoms with Crippen molar-refractivity contribution in [2.45, 2.75) is 39.2 Å². The highest BCUT2D eigenvalue weighted by atomic mass is 16.6. The average Bonchev–Trinajstić information content (AvgIpc) is 2.50. The molecule has 0 spiro atoms.